The van der Waals surface area contributed by atoms with Crippen molar-refractivity contribution in [3.8, 4) is 11.3 Å². The van der Waals surface area contributed by atoms with Crippen molar-refractivity contribution in [3.63, 3.8) is 0 Å². The average Bonchev–Trinajstić information content (AvgIpc) is 3.01. The molecule has 7 nitrogen and oxygen atoms in total. The third-order valence-electron chi connectivity index (χ3n) is 3.94. The summed E-state index contributed by atoms with van der Waals surface area (Å²) >= 11 is 6.25. The van der Waals surface area contributed by atoms with Crippen LogP contribution < -0.4 is 10.2 Å². The summed E-state index contributed by atoms with van der Waals surface area (Å²) in [5, 5.41) is 7.40. The Balaban J connectivity index is 1.84. The Morgan fingerprint density at radius 2 is 1.96 bits per heavy atom. The monoisotopic (exact) mass is 385 g/mol. The molecule has 0 radical (unpaired) electrons. The maximum Gasteiger partial charge on any atom is 0.257 e. The van der Waals surface area contributed by atoms with Gasteiger partial charge >= 0.3 is 0 Å². The van der Waals surface area contributed by atoms with E-state index in [4.69, 9.17) is 16.1 Å². The van der Waals surface area contributed by atoms with Gasteiger partial charge in [0.25, 0.3) is 5.91 Å². The van der Waals surface area contributed by atoms with Crippen molar-refractivity contribution < 1.29 is 9.32 Å². The molecule has 140 valence electrons. The van der Waals surface area contributed by atoms with Gasteiger partial charge in [0.15, 0.2) is 0 Å². The summed E-state index contributed by atoms with van der Waals surface area (Å²) in [6, 6.07) is 9.03. The topological polar surface area (TPSA) is 84.2 Å². The number of anilines is 1. The van der Waals surface area contributed by atoms with E-state index in [1.807, 2.05) is 44.1 Å². The predicted molar refractivity (Wildman–Crippen MR) is 104 cm³/mol. The molecule has 8 heteroatoms. The lowest BCUT2D eigenvalue weighted by atomic mass is 10.1. The molecular formula is C19H20ClN5O2. The van der Waals surface area contributed by atoms with E-state index in [0.29, 0.717) is 39.2 Å². The van der Waals surface area contributed by atoms with Gasteiger partial charge in [0.05, 0.1) is 17.3 Å². The summed E-state index contributed by atoms with van der Waals surface area (Å²) in [4.78, 5) is 23.4. The van der Waals surface area contributed by atoms with Gasteiger partial charge < -0.3 is 14.7 Å². The Hall–Kier alpha value is -2.93. The minimum absolute atomic E-state index is 0.260. The fourth-order valence-electron chi connectivity index (χ4n) is 2.64. The van der Waals surface area contributed by atoms with Gasteiger partial charge in [-0.1, -0.05) is 35.0 Å². The molecule has 0 bridgehead atoms. The summed E-state index contributed by atoms with van der Waals surface area (Å²) in [5.74, 6) is 0.721. The molecule has 3 aromatic rings. The summed E-state index contributed by atoms with van der Waals surface area (Å²) < 4.78 is 5.25. The highest BCUT2D eigenvalue weighted by Gasteiger charge is 2.23. The largest absolute Gasteiger partial charge is 0.360 e. The first kappa shape index (κ1) is 18.8. The quantitative estimate of drug-likeness (QED) is 0.724. The number of halogens is 1. The molecule has 2 aromatic heterocycles. The van der Waals surface area contributed by atoms with Crippen LogP contribution in [0.1, 0.15) is 27.5 Å². The van der Waals surface area contributed by atoms with Gasteiger partial charge in [-0.3, -0.25) is 4.79 Å². The number of nitrogens with zero attached hydrogens (tertiary/aromatic N) is 4. The zero-order valence-electron chi connectivity index (χ0n) is 15.6. The highest BCUT2D eigenvalue weighted by molar-refractivity contribution is 6.33. The number of amides is 1. The Morgan fingerprint density at radius 1 is 1.22 bits per heavy atom. The van der Waals surface area contributed by atoms with Crippen LogP contribution in [-0.4, -0.2) is 35.1 Å². The van der Waals surface area contributed by atoms with Crippen molar-refractivity contribution in [3.05, 3.63) is 58.1 Å². The molecule has 0 fully saturated rings. The lowest BCUT2D eigenvalue weighted by Gasteiger charge is -2.13. The molecule has 0 aliphatic carbocycles. The van der Waals surface area contributed by atoms with Crippen LogP contribution in [0.2, 0.25) is 5.02 Å². The van der Waals surface area contributed by atoms with Gasteiger partial charge in [0.1, 0.15) is 17.0 Å². The van der Waals surface area contributed by atoms with Crippen molar-refractivity contribution in [2.45, 2.75) is 20.4 Å². The van der Waals surface area contributed by atoms with E-state index in [1.165, 1.54) is 0 Å². The number of benzene rings is 1. The molecule has 0 saturated carbocycles. The van der Waals surface area contributed by atoms with E-state index >= 15 is 0 Å². The number of nitrogens with one attached hydrogen (secondary N) is 1. The zero-order chi connectivity index (χ0) is 19.6. The summed E-state index contributed by atoms with van der Waals surface area (Å²) in [6.45, 7) is 3.84. The summed E-state index contributed by atoms with van der Waals surface area (Å²) in [5.41, 5.74) is 2.97. The molecule has 0 unspecified atom stereocenters. The minimum Gasteiger partial charge on any atom is -0.360 e. The van der Waals surface area contributed by atoms with Crippen LogP contribution in [0.3, 0.4) is 0 Å². The number of carbonyl (C=O) groups is 1. The highest BCUT2D eigenvalue weighted by atomic mass is 35.5. The third-order valence-corrected chi connectivity index (χ3v) is 4.27. The van der Waals surface area contributed by atoms with Crippen molar-refractivity contribution in [2.75, 3.05) is 19.0 Å². The first-order valence-electron chi connectivity index (χ1n) is 8.38. The fourth-order valence-corrected chi connectivity index (χ4v) is 2.87. The molecule has 0 aliphatic rings. The Labute approximate surface area is 162 Å². The Morgan fingerprint density at radius 3 is 2.67 bits per heavy atom. The van der Waals surface area contributed by atoms with Gasteiger partial charge in [0, 0.05) is 25.4 Å². The van der Waals surface area contributed by atoms with Crippen molar-refractivity contribution in [1.82, 2.24) is 20.4 Å². The van der Waals surface area contributed by atoms with Gasteiger partial charge in [-0.2, -0.15) is 0 Å². The second-order valence-electron chi connectivity index (χ2n) is 6.32. The number of hydrogen-bond acceptors (Lipinski definition) is 6. The fraction of sp³-hybridized carbons (Fsp3) is 0.263. The van der Waals surface area contributed by atoms with Crippen LogP contribution in [0.4, 0.5) is 5.95 Å². The van der Waals surface area contributed by atoms with Gasteiger partial charge in [-0.25, -0.2) is 9.97 Å². The molecule has 0 spiro atoms. The van der Waals surface area contributed by atoms with E-state index < -0.39 is 0 Å². The Bertz CT molecular complexity index is 984. The number of hydrogen-bond donors (Lipinski definition) is 1. The number of aromatic nitrogens is 3. The van der Waals surface area contributed by atoms with Crippen LogP contribution >= 0.6 is 11.6 Å². The molecule has 27 heavy (non-hydrogen) atoms. The molecule has 0 aliphatic heterocycles. The highest BCUT2D eigenvalue weighted by Crippen LogP contribution is 2.30. The van der Waals surface area contributed by atoms with E-state index in [0.717, 1.165) is 5.69 Å². The van der Waals surface area contributed by atoms with Crippen molar-refractivity contribution in [2.24, 2.45) is 0 Å². The number of aryl methyl sites for hydroxylation is 2. The first-order chi connectivity index (χ1) is 12.9. The second-order valence-corrected chi connectivity index (χ2v) is 6.73. The minimum atomic E-state index is -0.300. The van der Waals surface area contributed by atoms with E-state index in [-0.39, 0.29) is 12.5 Å². The van der Waals surface area contributed by atoms with Crippen molar-refractivity contribution in [1.29, 1.82) is 0 Å². The SMILES string of the molecule is Cc1cc(CNC(=O)c2c(-c3ccccc3Cl)noc2C)nc(N(C)C)n1. The molecule has 1 aromatic carbocycles. The van der Waals surface area contributed by atoms with Crippen LogP contribution in [-0.2, 0) is 6.54 Å². The molecule has 3 rings (SSSR count). The normalized spacial score (nSPS) is 10.7. The molecule has 1 amide bonds. The molecule has 0 saturated heterocycles. The predicted octanol–water partition coefficient (Wildman–Crippen LogP) is 3.40. The number of carbonyl (C=O) groups excluding carboxylic acids is 1. The van der Waals surface area contributed by atoms with Gasteiger partial charge in [0.2, 0.25) is 5.95 Å². The van der Waals surface area contributed by atoms with Gasteiger partial charge in [-0.05, 0) is 26.0 Å². The maximum absolute atomic E-state index is 12.8. The average molecular weight is 386 g/mol. The molecule has 1 N–H and O–H groups in total. The van der Waals surface area contributed by atoms with Crippen molar-refractivity contribution >= 4 is 23.5 Å². The standard InChI is InChI=1S/C19H20ClN5O2/c1-11-9-13(23-19(22-11)25(3)4)10-21-18(26)16-12(2)27-24-17(16)14-7-5-6-8-15(14)20/h5-9H,10H2,1-4H3,(H,21,26). The summed E-state index contributed by atoms with van der Waals surface area (Å²) in [6.07, 6.45) is 0. The van der Waals surface area contributed by atoms with E-state index in [9.17, 15) is 4.79 Å². The van der Waals surface area contributed by atoms with E-state index in [2.05, 4.69) is 20.4 Å². The third kappa shape index (κ3) is 4.09. The first-order valence-corrected chi connectivity index (χ1v) is 8.76. The van der Waals surface area contributed by atoms with Crippen LogP contribution in [0.5, 0.6) is 0 Å². The lowest BCUT2D eigenvalue weighted by Crippen LogP contribution is -2.25. The van der Waals surface area contributed by atoms with Gasteiger partial charge in [-0.15, -0.1) is 0 Å². The van der Waals surface area contributed by atoms with Crippen LogP contribution in [0.25, 0.3) is 11.3 Å². The summed E-state index contributed by atoms with van der Waals surface area (Å²) in [7, 11) is 3.74. The maximum atomic E-state index is 12.8. The van der Waals surface area contributed by atoms with E-state index in [1.54, 1.807) is 19.1 Å². The van der Waals surface area contributed by atoms with Crippen LogP contribution in [0, 0.1) is 13.8 Å². The molecule has 2 heterocycles. The molecular weight excluding hydrogens is 366 g/mol. The smallest absolute Gasteiger partial charge is 0.257 e. The van der Waals surface area contributed by atoms with Crippen LogP contribution in [0.15, 0.2) is 34.9 Å². The number of rotatable bonds is 5. The molecule has 0 atom stereocenters. The zero-order valence-corrected chi connectivity index (χ0v) is 16.3. The lowest BCUT2D eigenvalue weighted by molar-refractivity contribution is 0.0949. The Kier molecular flexibility index (Phi) is 5.41. The second kappa shape index (κ2) is 7.75.